The van der Waals surface area contributed by atoms with E-state index in [1.54, 1.807) is 26.0 Å². The minimum Gasteiger partial charge on any atom is -0.466 e. The highest BCUT2D eigenvalue weighted by molar-refractivity contribution is 6.05. The van der Waals surface area contributed by atoms with Gasteiger partial charge in [-0.05, 0) is 38.0 Å². The first-order valence-electron chi connectivity index (χ1n) is 6.01. The Labute approximate surface area is 113 Å². The van der Waals surface area contributed by atoms with Gasteiger partial charge >= 0.3 is 5.97 Å². The molecule has 0 saturated carbocycles. The zero-order valence-corrected chi connectivity index (χ0v) is 11.7. The Morgan fingerprint density at radius 3 is 2.11 bits per heavy atom. The highest BCUT2D eigenvalue weighted by Crippen LogP contribution is 2.16. The van der Waals surface area contributed by atoms with Crippen LogP contribution in [0.15, 0.2) is 53.1 Å². The molecule has 0 radical (unpaired) electrons. The lowest BCUT2D eigenvalue weighted by molar-refractivity contribution is -0.136. The minimum atomic E-state index is -0.377. The van der Waals surface area contributed by atoms with Crippen molar-refractivity contribution in [3.8, 4) is 0 Å². The molecule has 0 fully saturated rings. The third-order valence-corrected chi connectivity index (χ3v) is 3.05. The summed E-state index contributed by atoms with van der Waals surface area (Å²) < 4.78 is 4.66. The fourth-order valence-electron chi connectivity index (χ4n) is 1.59. The number of benzene rings is 1. The molecule has 1 aromatic carbocycles. The second kappa shape index (κ2) is 6.69. The number of hydrogen-bond donors (Lipinski definition) is 0. The summed E-state index contributed by atoms with van der Waals surface area (Å²) >= 11 is 0. The third-order valence-electron chi connectivity index (χ3n) is 3.05. The van der Waals surface area contributed by atoms with Gasteiger partial charge in [0.25, 0.3) is 0 Å². The second-order valence-corrected chi connectivity index (χ2v) is 4.30. The van der Waals surface area contributed by atoms with Crippen molar-refractivity contribution in [2.75, 3.05) is 7.11 Å². The van der Waals surface area contributed by atoms with Crippen molar-refractivity contribution in [3.63, 3.8) is 0 Å². The molecule has 0 spiro atoms. The maximum atomic E-state index is 12.0. The summed E-state index contributed by atoms with van der Waals surface area (Å²) in [5, 5.41) is 0. The monoisotopic (exact) mass is 258 g/mol. The van der Waals surface area contributed by atoms with Gasteiger partial charge in [-0.1, -0.05) is 30.3 Å². The normalized spacial score (nSPS) is 12.7. The number of ketones is 1. The molecule has 0 saturated heterocycles. The van der Waals surface area contributed by atoms with Crippen LogP contribution in [0, 0.1) is 0 Å². The van der Waals surface area contributed by atoms with Crippen molar-refractivity contribution >= 4 is 11.8 Å². The van der Waals surface area contributed by atoms with Crippen molar-refractivity contribution in [1.82, 2.24) is 0 Å². The van der Waals surface area contributed by atoms with Crippen LogP contribution in [0.2, 0.25) is 0 Å². The zero-order valence-electron chi connectivity index (χ0n) is 11.7. The fourth-order valence-corrected chi connectivity index (χ4v) is 1.59. The molecular formula is C16H18O3. The van der Waals surface area contributed by atoms with Gasteiger partial charge in [-0.2, -0.15) is 0 Å². The van der Waals surface area contributed by atoms with Gasteiger partial charge < -0.3 is 4.74 Å². The summed E-state index contributed by atoms with van der Waals surface area (Å²) in [7, 11) is 1.34. The Kier molecular flexibility index (Phi) is 5.24. The van der Waals surface area contributed by atoms with Gasteiger partial charge in [0.15, 0.2) is 5.78 Å². The lowest BCUT2D eigenvalue weighted by atomic mass is 10.0. The molecule has 0 aliphatic rings. The first-order chi connectivity index (χ1) is 8.97. The number of esters is 1. The van der Waals surface area contributed by atoms with Crippen LogP contribution in [0.5, 0.6) is 0 Å². The highest BCUT2D eigenvalue weighted by atomic mass is 16.5. The van der Waals surface area contributed by atoms with Crippen molar-refractivity contribution in [2.45, 2.75) is 20.8 Å². The summed E-state index contributed by atoms with van der Waals surface area (Å²) in [6.45, 7) is 5.30. The number of methoxy groups -OCH3 is 1. The lowest BCUT2D eigenvalue weighted by Crippen LogP contribution is -2.05. The van der Waals surface area contributed by atoms with Crippen molar-refractivity contribution in [1.29, 1.82) is 0 Å². The van der Waals surface area contributed by atoms with Crippen LogP contribution in [-0.2, 0) is 9.53 Å². The summed E-state index contributed by atoms with van der Waals surface area (Å²) in [4.78, 5) is 23.4. The molecule has 19 heavy (non-hydrogen) atoms. The maximum absolute atomic E-state index is 12.0. The molecule has 0 bridgehead atoms. The molecule has 1 rings (SSSR count). The molecular weight excluding hydrogens is 240 g/mol. The molecule has 0 heterocycles. The largest absolute Gasteiger partial charge is 0.466 e. The summed E-state index contributed by atoms with van der Waals surface area (Å²) in [6.07, 6.45) is 1.54. The van der Waals surface area contributed by atoms with E-state index in [4.69, 9.17) is 0 Å². The van der Waals surface area contributed by atoms with Crippen molar-refractivity contribution in [2.24, 2.45) is 0 Å². The minimum absolute atomic E-state index is 0.0740. The number of carbonyl (C=O) groups is 2. The molecule has 0 atom stereocenters. The predicted octanol–water partition coefficient (Wildman–Crippen LogP) is 3.33. The van der Waals surface area contributed by atoms with Gasteiger partial charge in [0, 0.05) is 11.1 Å². The fraction of sp³-hybridized carbons (Fsp3) is 0.250. The highest BCUT2D eigenvalue weighted by Gasteiger charge is 2.10. The molecule has 100 valence electrons. The first kappa shape index (κ1) is 14.9. The molecule has 3 nitrogen and oxygen atoms in total. The molecule has 0 aromatic heterocycles. The quantitative estimate of drug-likeness (QED) is 0.360. The Bertz CT molecular complexity index is 536. The number of hydrogen-bond acceptors (Lipinski definition) is 3. The van der Waals surface area contributed by atoms with Crippen LogP contribution in [0.25, 0.3) is 0 Å². The number of carbonyl (C=O) groups excluding carboxylic acids is 2. The van der Waals surface area contributed by atoms with Gasteiger partial charge in [-0.15, -0.1) is 0 Å². The van der Waals surface area contributed by atoms with Gasteiger partial charge in [0.1, 0.15) is 0 Å². The van der Waals surface area contributed by atoms with E-state index in [2.05, 4.69) is 4.74 Å². The number of ether oxygens (including phenoxy) is 1. The molecule has 0 N–H and O–H groups in total. The average molecular weight is 258 g/mol. The Hall–Kier alpha value is -2.16. The topological polar surface area (TPSA) is 43.4 Å². The zero-order chi connectivity index (χ0) is 14.4. The molecule has 0 aliphatic heterocycles. The predicted molar refractivity (Wildman–Crippen MR) is 74.9 cm³/mol. The van der Waals surface area contributed by atoms with E-state index in [0.717, 1.165) is 11.1 Å². The molecule has 0 unspecified atom stereocenters. The van der Waals surface area contributed by atoms with Gasteiger partial charge in [-0.25, -0.2) is 4.79 Å². The van der Waals surface area contributed by atoms with E-state index in [1.807, 2.05) is 25.1 Å². The van der Waals surface area contributed by atoms with E-state index in [-0.39, 0.29) is 11.8 Å². The van der Waals surface area contributed by atoms with E-state index in [0.29, 0.717) is 11.1 Å². The van der Waals surface area contributed by atoms with E-state index < -0.39 is 0 Å². The lowest BCUT2D eigenvalue weighted by Gasteiger charge is -2.06. The second-order valence-electron chi connectivity index (χ2n) is 4.30. The smallest absolute Gasteiger partial charge is 0.333 e. The SMILES string of the molecule is COC(=O)/C(C)=C(C)\C(C)=C\C(=O)c1ccccc1. The standard InChI is InChI=1S/C16H18O3/c1-11(12(2)13(3)16(18)19-4)10-15(17)14-8-6-5-7-9-14/h5-10H,1-4H3/b11-10+,13-12-. The first-order valence-corrected chi connectivity index (χ1v) is 6.01. The average Bonchev–Trinajstić information content (AvgIpc) is 2.45. The molecule has 1 aromatic rings. The van der Waals surface area contributed by atoms with Gasteiger partial charge in [-0.3, -0.25) is 4.79 Å². The summed E-state index contributed by atoms with van der Waals surface area (Å²) in [5.74, 6) is -0.451. The van der Waals surface area contributed by atoms with E-state index in [1.165, 1.54) is 13.2 Å². The van der Waals surface area contributed by atoms with Crippen LogP contribution in [-0.4, -0.2) is 18.9 Å². The molecule has 0 amide bonds. The van der Waals surface area contributed by atoms with Crippen LogP contribution >= 0.6 is 0 Å². The van der Waals surface area contributed by atoms with Crippen molar-refractivity contribution in [3.05, 3.63) is 58.7 Å². The van der Waals surface area contributed by atoms with E-state index in [9.17, 15) is 9.59 Å². The molecule has 3 heteroatoms. The Morgan fingerprint density at radius 1 is 1.00 bits per heavy atom. The Morgan fingerprint density at radius 2 is 1.58 bits per heavy atom. The van der Waals surface area contributed by atoms with Crippen LogP contribution in [0.1, 0.15) is 31.1 Å². The summed E-state index contributed by atoms with van der Waals surface area (Å²) in [5.41, 5.74) is 2.66. The Balaban J connectivity index is 3.00. The molecule has 0 aliphatic carbocycles. The number of rotatable bonds is 4. The van der Waals surface area contributed by atoms with Gasteiger partial charge in [0.2, 0.25) is 0 Å². The summed E-state index contributed by atoms with van der Waals surface area (Å²) in [6, 6.07) is 9.02. The van der Waals surface area contributed by atoms with E-state index >= 15 is 0 Å². The van der Waals surface area contributed by atoms with Gasteiger partial charge in [0.05, 0.1) is 7.11 Å². The van der Waals surface area contributed by atoms with Crippen molar-refractivity contribution < 1.29 is 14.3 Å². The van der Waals surface area contributed by atoms with Crippen LogP contribution in [0.3, 0.4) is 0 Å². The number of allylic oxidation sites excluding steroid dienone is 3. The van der Waals surface area contributed by atoms with Crippen LogP contribution < -0.4 is 0 Å². The maximum Gasteiger partial charge on any atom is 0.333 e. The van der Waals surface area contributed by atoms with Crippen LogP contribution in [0.4, 0.5) is 0 Å². The third kappa shape index (κ3) is 3.91.